The number of benzene rings is 1. The molecule has 6 nitrogen and oxygen atoms in total. The van der Waals surface area contributed by atoms with Crippen molar-refractivity contribution in [3.8, 4) is 11.5 Å². The van der Waals surface area contributed by atoms with Gasteiger partial charge in [-0.05, 0) is 57.0 Å². The van der Waals surface area contributed by atoms with Crippen molar-refractivity contribution in [1.82, 2.24) is 15.5 Å². The number of nitrogens with one attached hydrogen (secondary N) is 3. The van der Waals surface area contributed by atoms with Crippen LogP contribution in [0.3, 0.4) is 0 Å². The molecule has 0 amide bonds. The number of H-pyrrole nitrogens is 1. The molecule has 2 atom stereocenters. The summed E-state index contributed by atoms with van der Waals surface area (Å²) in [5.74, 6) is -0.356. The van der Waals surface area contributed by atoms with Crippen LogP contribution in [0.5, 0.6) is 0 Å². The van der Waals surface area contributed by atoms with Crippen LogP contribution in [0.25, 0.3) is 11.5 Å². The van der Waals surface area contributed by atoms with Gasteiger partial charge in [0.1, 0.15) is 0 Å². The molecule has 0 aliphatic carbocycles. The van der Waals surface area contributed by atoms with E-state index in [1.807, 2.05) is 6.92 Å². The van der Waals surface area contributed by atoms with Gasteiger partial charge in [0.05, 0.1) is 5.56 Å². The Morgan fingerprint density at radius 1 is 1.44 bits per heavy atom. The third-order valence-electron chi connectivity index (χ3n) is 4.26. The lowest BCUT2D eigenvalue weighted by atomic mass is 9.99. The molecule has 1 aromatic heterocycles. The Morgan fingerprint density at radius 2 is 2.24 bits per heavy atom. The first-order valence-electron chi connectivity index (χ1n) is 8.07. The standard InChI is InChI=1S/C16H19F3N4O2/c1-9(6-10-4-5-20-8-10)21-13-7-11(14-22-23-15(24)25-14)2-3-12(13)16(17,18)19/h2-3,7,9-10,20-21H,4-6,8H2,1H3,(H,23,24)/t9?,10-/m1/s1. The van der Waals surface area contributed by atoms with Gasteiger partial charge in [-0.2, -0.15) is 13.2 Å². The Labute approximate surface area is 141 Å². The monoisotopic (exact) mass is 356 g/mol. The van der Waals surface area contributed by atoms with E-state index in [1.54, 1.807) is 0 Å². The molecular weight excluding hydrogens is 337 g/mol. The van der Waals surface area contributed by atoms with Crippen molar-refractivity contribution in [3.05, 3.63) is 34.3 Å². The molecule has 9 heteroatoms. The predicted octanol–water partition coefficient (Wildman–Crippen LogP) is 2.85. The van der Waals surface area contributed by atoms with E-state index in [4.69, 9.17) is 4.42 Å². The fraction of sp³-hybridized carbons (Fsp3) is 0.500. The highest BCUT2D eigenvalue weighted by molar-refractivity contribution is 5.65. The lowest BCUT2D eigenvalue weighted by Gasteiger charge is -2.22. The highest BCUT2D eigenvalue weighted by atomic mass is 19.4. The molecule has 0 radical (unpaired) electrons. The topological polar surface area (TPSA) is 83.0 Å². The first-order valence-corrected chi connectivity index (χ1v) is 8.07. The van der Waals surface area contributed by atoms with Gasteiger partial charge in [-0.3, -0.25) is 0 Å². The lowest BCUT2D eigenvalue weighted by Crippen LogP contribution is -2.23. The maximum Gasteiger partial charge on any atom is 0.434 e. The van der Waals surface area contributed by atoms with Crippen LogP contribution in [-0.2, 0) is 6.18 Å². The third kappa shape index (κ3) is 4.22. The van der Waals surface area contributed by atoms with E-state index in [2.05, 4.69) is 20.8 Å². The number of anilines is 1. The molecule has 1 aliphatic heterocycles. The zero-order valence-corrected chi connectivity index (χ0v) is 13.6. The number of nitrogens with zero attached hydrogens (tertiary/aromatic N) is 1. The molecule has 2 aromatic rings. The zero-order valence-electron chi connectivity index (χ0n) is 13.6. The summed E-state index contributed by atoms with van der Waals surface area (Å²) in [5.41, 5.74) is -0.511. The smallest absolute Gasteiger partial charge is 0.388 e. The van der Waals surface area contributed by atoms with Crippen LogP contribution in [0.4, 0.5) is 18.9 Å². The minimum absolute atomic E-state index is 0.0468. The minimum Gasteiger partial charge on any atom is -0.388 e. The molecule has 1 unspecified atom stereocenters. The number of hydrogen-bond acceptors (Lipinski definition) is 5. The molecule has 1 fully saturated rings. The van der Waals surface area contributed by atoms with E-state index < -0.39 is 17.5 Å². The summed E-state index contributed by atoms with van der Waals surface area (Å²) < 4.78 is 44.7. The quantitative estimate of drug-likeness (QED) is 0.767. The van der Waals surface area contributed by atoms with Gasteiger partial charge in [-0.1, -0.05) is 0 Å². The van der Waals surface area contributed by atoms with Crippen LogP contribution in [0.15, 0.2) is 27.4 Å². The van der Waals surface area contributed by atoms with Gasteiger partial charge in [0.15, 0.2) is 0 Å². The molecule has 3 N–H and O–H groups in total. The molecule has 0 saturated carbocycles. The van der Waals surface area contributed by atoms with Crippen LogP contribution in [0.1, 0.15) is 25.3 Å². The number of aromatic nitrogens is 2. The van der Waals surface area contributed by atoms with Crippen molar-refractivity contribution in [3.63, 3.8) is 0 Å². The fourth-order valence-corrected chi connectivity index (χ4v) is 3.14. The van der Waals surface area contributed by atoms with Crippen LogP contribution in [0, 0.1) is 5.92 Å². The molecule has 1 aliphatic rings. The summed E-state index contributed by atoms with van der Waals surface area (Å²) in [6.45, 7) is 3.69. The van der Waals surface area contributed by atoms with Gasteiger partial charge in [0, 0.05) is 17.3 Å². The second-order valence-corrected chi connectivity index (χ2v) is 6.32. The normalized spacial score (nSPS) is 19.1. The summed E-state index contributed by atoms with van der Waals surface area (Å²) in [6, 6.07) is 3.38. The number of aromatic amines is 1. The van der Waals surface area contributed by atoms with Crippen molar-refractivity contribution < 1.29 is 17.6 Å². The van der Waals surface area contributed by atoms with E-state index >= 15 is 0 Å². The molecule has 3 rings (SSSR count). The summed E-state index contributed by atoms with van der Waals surface area (Å²) in [6.07, 6.45) is -2.69. The Morgan fingerprint density at radius 3 is 2.84 bits per heavy atom. The average molecular weight is 356 g/mol. The summed E-state index contributed by atoms with van der Waals surface area (Å²) >= 11 is 0. The van der Waals surface area contributed by atoms with E-state index in [9.17, 15) is 18.0 Å². The Bertz CT molecular complexity index is 778. The van der Waals surface area contributed by atoms with Crippen molar-refractivity contribution >= 4 is 5.69 Å². The molecule has 0 spiro atoms. The van der Waals surface area contributed by atoms with Crippen LogP contribution in [0.2, 0.25) is 0 Å². The van der Waals surface area contributed by atoms with Crippen LogP contribution in [-0.4, -0.2) is 29.3 Å². The number of rotatable bonds is 5. The maximum atomic E-state index is 13.3. The number of hydrogen-bond donors (Lipinski definition) is 3. The van der Waals surface area contributed by atoms with Gasteiger partial charge in [-0.25, -0.2) is 9.89 Å². The minimum atomic E-state index is -4.48. The van der Waals surface area contributed by atoms with Crippen LogP contribution >= 0.6 is 0 Å². The second kappa shape index (κ2) is 6.91. The van der Waals surface area contributed by atoms with Crippen molar-refractivity contribution in [1.29, 1.82) is 0 Å². The predicted molar refractivity (Wildman–Crippen MR) is 86.2 cm³/mol. The van der Waals surface area contributed by atoms with E-state index in [0.717, 1.165) is 32.0 Å². The Kier molecular flexibility index (Phi) is 4.85. The largest absolute Gasteiger partial charge is 0.434 e. The summed E-state index contributed by atoms with van der Waals surface area (Å²) in [5, 5.41) is 12.0. The van der Waals surface area contributed by atoms with E-state index in [-0.39, 0.29) is 17.6 Å². The van der Waals surface area contributed by atoms with Crippen molar-refractivity contribution in [2.24, 2.45) is 5.92 Å². The lowest BCUT2D eigenvalue weighted by molar-refractivity contribution is -0.137. The Balaban J connectivity index is 1.86. The number of alkyl halides is 3. The average Bonchev–Trinajstić information content (AvgIpc) is 3.17. The molecule has 1 saturated heterocycles. The molecule has 2 heterocycles. The van der Waals surface area contributed by atoms with Gasteiger partial charge in [-0.15, -0.1) is 5.10 Å². The highest BCUT2D eigenvalue weighted by Gasteiger charge is 2.34. The fourth-order valence-electron chi connectivity index (χ4n) is 3.14. The highest BCUT2D eigenvalue weighted by Crippen LogP contribution is 2.37. The van der Waals surface area contributed by atoms with Gasteiger partial charge < -0.3 is 15.1 Å². The molecule has 136 valence electrons. The SMILES string of the molecule is CC(C[C@H]1CCNC1)Nc1cc(-c2n[nH]c(=O)o2)ccc1C(F)(F)F. The van der Waals surface area contributed by atoms with Gasteiger partial charge >= 0.3 is 11.9 Å². The van der Waals surface area contributed by atoms with Crippen LogP contribution < -0.4 is 16.4 Å². The molecule has 0 bridgehead atoms. The van der Waals surface area contributed by atoms with Gasteiger partial charge in [0.2, 0.25) is 5.89 Å². The number of halogens is 3. The maximum absolute atomic E-state index is 13.3. The van der Waals surface area contributed by atoms with Crippen molar-refractivity contribution in [2.75, 3.05) is 18.4 Å². The third-order valence-corrected chi connectivity index (χ3v) is 4.26. The van der Waals surface area contributed by atoms with E-state index in [1.165, 1.54) is 12.1 Å². The van der Waals surface area contributed by atoms with E-state index in [0.29, 0.717) is 11.5 Å². The summed E-state index contributed by atoms with van der Waals surface area (Å²) in [7, 11) is 0. The summed E-state index contributed by atoms with van der Waals surface area (Å²) in [4.78, 5) is 11.1. The molecule has 1 aromatic carbocycles. The van der Waals surface area contributed by atoms with Crippen molar-refractivity contribution in [2.45, 2.75) is 32.0 Å². The molecular formula is C16H19F3N4O2. The first kappa shape index (κ1) is 17.5. The Hall–Kier alpha value is -2.29. The zero-order chi connectivity index (χ0) is 18.0. The second-order valence-electron chi connectivity index (χ2n) is 6.32. The van der Waals surface area contributed by atoms with Gasteiger partial charge in [0.25, 0.3) is 0 Å². The molecule has 25 heavy (non-hydrogen) atoms. The first-order chi connectivity index (χ1) is 11.8.